The first-order chi connectivity index (χ1) is 19.9. The van der Waals surface area contributed by atoms with Gasteiger partial charge in [-0.1, -0.05) is 25.1 Å². The molecule has 0 radical (unpaired) electrons. The minimum absolute atomic E-state index is 0.112. The van der Waals surface area contributed by atoms with E-state index in [1.54, 1.807) is 0 Å². The van der Waals surface area contributed by atoms with Crippen molar-refractivity contribution in [1.82, 2.24) is 0 Å². The predicted octanol–water partition coefficient (Wildman–Crippen LogP) is 9.50. The molecule has 3 fully saturated rings. The fourth-order valence-electron chi connectivity index (χ4n) is 6.83. The minimum Gasteiger partial charge on any atom is -0.432 e. The molecule has 0 atom stereocenters. The zero-order valence-electron chi connectivity index (χ0n) is 23.6. The highest BCUT2D eigenvalue weighted by Crippen LogP contribution is 2.47. The van der Waals surface area contributed by atoms with Crippen LogP contribution in [0, 0.1) is 35.3 Å². The molecule has 0 amide bonds. The van der Waals surface area contributed by atoms with Gasteiger partial charge in [0, 0.05) is 17.5 Å². The molecule has 232 valence electrons. The van der Waals surface area contributed by atoms with Crippen LogP contribution < -0.4 is 4.74 Å². The molecule has 0 N–H and O–H groups in total. The third kappa shape index (κ3) is 7.59. The number of halogens is 7. The van der Waals surface area contributed by atoms with E-state index in [0.29, 0.717) is 61.0 Å². The van der Waals surface area contributed by atoms with Gasteiger partial charge in [-0.2, -0.15) is 22.0 Å². The van der Waals surface area contributed by atoms with Crippen LogP contribution in [0.2, 0.25) is 0 Å². The van der Waals surface area contributed by atoms with Crippen molar-refractivity contribution in [3.63, 3.8) is 0 Å². The zero-order chi connectivity index (χ0) is 30.1. The summed E-state index contributed by atoms with van der Waals surface area (Å²) in [5, 5.41) is 0. The van der Waals surface area contributed by atoms with E-state index in [2.05, 4.69) is 0 Å². The molecule has 3 aliphatic rings. The minimum atomic E-state index is -4.61. The van der Waals surface area contributed by atoms with Gasteiger partial charge in [0.25, 0.3) is 0 Å². The molecule has 0 aromatic heterocycles. The predicted molar refractivity (Wildman–Crippen MR) is 142 cm³/mol. The Labute approximate surface area is 241 Å². The first-order valence-corrected chi connectivity index (χ1v) is 14.8. The third-order valence-corrected chi connectivity index (χ3v) is 9.16. The Bertz CT molecular complexity index is 1190. The Morgan fingerprint density at radius 1 is 0.762 bits per heavy atom. The van der Waals surface area contributed by atoms with Gasteiger partial charge in [-0.05, 0) is 92.4 Å². The van der Waals surface area contributed by atoms with Crippen molar-refractivity contribution in [2.45, 2.75) is 89.2 Å². The molecule has 3 nitrogen and oxygen atoms in total. The third-order valence-electron chi connectivity index (χ3n) is 9.16. The molecule has 1 saturated heterocycles. The molecule has 2 aromatic rings. The molecule has 2 saturated carbocycles. The lowest BCUT2D eigenvalue weighted by atomic mass is 9.68. The van der Waals surface area contributed by atoms with Crippen LogP contribution in [0.15, 0.2) is 36.4 Å². The maximum absolute atomic E-state index is 15.1. The molecule has 1 heterocycles. The molecular formula is C32H37F7O3. The van der Waals surface area contributed by atoms with Gasteiger partial charge >= 0.3 is 12.3 Å². The van der Waals surface area contributed by atoms with E-state index >= 15 is 4.39 Å². The average Bonchev–Trinajstić information content (AvgIpc) is 2.94. The molecule has 2 aromatic carbocycles. The quantitative estimate of drug-likeness (QED) is 0.296. The number of ether oxygens (including phenoxy) is 3. The Balaban J connectivity index is 1.10. The molecule has 0 unspecified atom stereocenters. The van der Waals surface area contributed by atoms with E-state index in [9.17, 15) is 26.3 Å². The second-order valence-corrected chi connectivity index (χ2v) is 12.3. The number of benzene rings is 2. The van der Waals surface area contributed by atoms with Crippen LogP contribution in [0.25, 0.3) is 0 Å². The number of hydrogen-bond donors (Lipinski definition) is 0. The summed E-state index contributed by atoms with van der Waals surface area (Å²) >= 11 is 0. The zero-order valence-corrected chi connectivity index (χ0v) is 23.6. The Hall–Kier alpha value is -2.33. The van der Waals surface area contributed by atoms with Crippen LogP contribution in [0.3, 0.4) is 0 Å². The Morgan fingerprint density at radius 2 is 1.38 bits per heavy atom. The second kappa shape index (κ2) is 12.7. The van der Waals surface area contributed by atoms with Crippen LogP contribution in [0.1, 0.15) is 87.2 Å². The highest BCUT2D eigenvalue weighted by Gasteiger charge is 2.45. The molecule has 0 bridgehead atoms. The van der Waals surface area contributed by atoms with Crippen LogP contribution in [-0.4, -0.2) is 25.5 Å². The first-order valence-electron chi connectivity index (χ1n) is 14.8. The summed E-state index contributed by atoms with van der Waals surface area (Å²) in [6.07, 6.45) is -4.99. The monoisotopic (exact) mass is 602 g/mol. The summed E-state index contributed by atoms with van der Waals surface area (Å²) in [5.41, 5.74) is 0.759. The lowest BCUT2D eigenvalue weighted by Crippen LogP contribution is -2.38. The summed E-state index contributed by atoms with van der Waals surface area (Å²) < 4.78 is 113. The van der Waals surface area contributed by atoms with Crippen LogP contribution >= 0.6 is 0 Å². The number of hydrogen-bond acceptors (Lipinski definition) is 3. The highest BCUT2D eigenvalue weighted by molar-refractivity contribution is 5.30. The normalized spacial score (nSPS) is 29.3. The largest absolute Gasteiger partial charge is 0.432 e. The number of rotatable bonds is 7. The molecule has 2 aliphatic carbocycles. The molecule has 1 aliphatic heterocycles. The van der Waals surface area contributed by atoms with Gasteiger partial charge < -0.3 is 14.2 Å². The molecular weight excluding hydrogens is 565 g/mol. The van der Waals surface area contributed by atoms with Gasteiger partial charge in [-0.15, -0.1) is 0 Å². The number of alkyl halides is 5. The van der Waals surface area contributed by atoms with Gasteiger partial charge in [0.2, 0.25) is 0 Å². The standard InChI is InChI=1S/C32H37F7O3/c1-19-17-40-30(41-18-19)23-9-13-27(29(34)14-23)22-4-2-20(3-5-22)21-6-10-25(11-7-21)32(38,39)42-26-12-8-24(28(33)15-26)16-31(35,36)37/h8-9,12-15,19-22,25,30H,2-7,10-11,16-18H2,1H3. The van der Waals surface area contributed by atoms with Crippen molar-refractivity contribution >= 4 is 0 Å². The summed E-state index contributed by atoms with van der Waals surface area (Å²) in [6, 6.07) is 7.60. The van der Waals surface area contributed by atoms with E-state index in [4.69, 9.17) is 14.2 Å². The fraction of sp³-hybridized carbons (Fsp3) is 0.625. The van der Waals surface area contributed by atoms with E-state index < -0.39 is 48.0 Å². The molecule has 0 spiro atoms. The Kier molecular flexibility index (Phi) is 9.42. The Morgan fingerprint density at radius 3 is 1.95 bits per heavy atom. The SMILES string of the molecule is CC1COC(c2ccc(C3CCC(C4CCC(C(F)(F)Oc5ccc(CC(F)(F)F)c(F)c5)CC4)CC3)c(F)c2)OC1. The van der Waals surface area contributed by atoms with Crippen LogP contribution in [0.5, 0.6) is 5.75 Å². The van der Waals surface area contributed by atoms with Crippen molar-refractivity contribution in [3.8, 4) is 5.75 Å². The second-order valence-electron chi connectivity index (χ2n) is 12.3. The molecule has 42 heavy (non-hydrogen) atoms. The van der Waals surface area contributed by atoms with Gasteiger partial charge in [-0.25, -0.2) is 8.78 Å². The van der Waals surface area contributed by atoms with E-state index in [1.807, 2.05) is 19.1 Å². The maximum Gasteiger partial charge on any atom is 0.400 e. The molecule has 5 rings (SSSR count). The fourth-order valence-corrected chi connectivity index (χ4v) is 6.83. The van der Waals surface area contributed by atoms with Crippen molar-refractivity contribution in [2.75, 3.05) is 13.2 Å². The van der Waals surface area contributed by atoms with Gasteiger partial charge in [0.15, 0.2) is 6.29 Å². The van der Waals surface area contributed by atoms with Crippen molar-refractivity contribution in [1.29, 1.82) is 0 Å². The topological polar surface area (TPSA) is 27.7 Å². The van der Waals surface area contributed by atoms with E-state index in [0.717, 1.165) is 37.8 Å². The average molecular weight is 603 g/mol. The smallest absolute Gasteiger partial charge is 0.400 e. The van der Waals surface area contributed by atoms with E-state index in [-0.39, 0.29) is 24.6 Å². The lowest BCUT2D eigenvalue weighted by Gasteiger charge is -2.39. The van der Waals surface area contributed by atoms with Gasteiger partial charge in [0.05, 0.1) is 25.6 Å². The van der Waals surface area contributed by atoms with E-state index in [1.165, 1.54) is 6.07 Å². The van der Waals surface area contributed by atoms with Crippen molar-refractivity contribution in [3.05, 3.63) is 64.7 Å². The lowest BCUT2D eigenvalue weighted by molar-refractivity contribution is -0.224. The summed E-state index contributed by atoms with van der Waals surface area (Å²) in [5.74, 6) is -1.91. The summed E-state index contributed by atoms with van der Waals surface area (Å²) in [7, 11) is 0. The highest BCUT2D eigenvalue weighted by atomic mass is 19.4. The first kappa shape index (κ1) is 31.1. The van der Waals surface area contributed by atoms with Crippen LogP contribution in [-0.2, 0) is 15.9 Å². The van der Waals surface area contributed by atoms with Crippen LogP contribution in [0.4, 0.5) is 30.7 Å². The summed E-state index contributed by atoms with van der Waals surface area (Å²) in [6.45, 7) is 3.18. The maximum atomic E-state index is 15.1. The van der Waals surface area contributed by atoms with Gasteiger partial charge in [-0.3, -0.25) is 0 Å². The summed E-state index contributed by atoms with van der Waals surface area (Å²) in [4.78, 5) is 0. The van der Waals surface area contributed by atoms with Crippen molar-refractivity contribution in [2.24, 2.45) is 23.7 Å². The van der Waals surface area contributed by atoms with Gasteiger partial charge in [0.1, 0.15) is 17.4 Å². The molecule has 10 heteroatoms. The van der Waals surface area contributed by atoms with Crippen molar-refractivity contribution < 1.29 is 44.9 Å².